The van der Waals surface area contributed by atoms with Crippen LogP contribution in [-0.4, -0.2) is 21.3 Å². The molecule has 2 rings (SSSR count). The summed E-state index contributed by atoms with van der Waals surface area (Å²) in [5.41, 5.74) is 1.26. The van der Waals surface area contributed by atoms with Gasteiger partial charge in [0.25, 0.3) is 0 Å². The minimum absolute atomic E-state index is 0.242. The van der Waals surface area contributed by atoms with Crippen molar-refractivity contribution in [3.05, 3.63) is 35.9 Å². The Bertz CT molecular complexity index is 365. The molecule has 2 nitrogen and oxygen atoms in total. The van der Waals surface area contributed by atoms with E-state index in [2.05, 4.69) is 31.3 Å². The lowest BCUT2D eigenvalue weighted by Gasteiger charge is -2.35. The van der Waals surface area contributed by atoms with Gasteiger partial charge in [-0.1, -0.05) is 37.3 Å². The van der Waals surface area contributed by atoms with Crippen molar-refractivity contribution in [2.24, 2.45) is 0 Å². The van der Waals surface area contributed by atoms with E-state index in [-0.39, 0.29) is 16.5 Å². The molecule has 1 aliphatic rings. The highest BCUT2D eigenvalue weighted by molar-refractivity contribution is 7.86. The van der Waals surface area contributed by atoms with Crippen molar-refractivity contribution in [1.29, 1.82) is 0 Å². The second-order valence-corrected chi connectivity index (χ2v) is 6.45. The molecule has 0 saturated carbocycles. The summed E-state index contributed by atoms with van der Waals surface area (Å²) in [5.74, 6) is 0. The zero-order valence-electron chi connectivity index (χ0n) is 9.85. The van der Waals surface area contributed by atoms with E-state index in [0.717, 1.165) is 13.0 Å². The maximum absolute atomic E-state index is 12.2. The third-order valence-corrected chi connectivity index (χ3v) is 5.42. The number of hydrogen-bond donors (Lipinski definition) is 1. The molecule has 16 heavy (non-hydrogen) atoms. The highest BCUT2D eigenvalue weighted by Crippen LogP contribution is 2.28. The molecule has 1 saturated heterocycles. The SMILES string of the molecule is CCC1C(c2ccccc2)NCC(C)S1=O. The van der Waals surface area contributed by atoms with Crippen molar-refractivity contribution < 1.29 is 4.21 Å². The molecule has 1 heterocycles. The van der Waals surface area contributed by atoms with E-state index in [1.165, 1.54) is 5.56 Å². The number of nitrogens with one attached hydrogen (secondary N) is 1. The molecule has 4 unspecified atom stereocenters. The molecule has 0 spiro atoms. The van der Waals surface area contributed by atoms with Gasteiger partial charge in [-0.3, -0.25) is 4.21 Å². The average Bonchev–Trinajstić information content (AvgIpc) is 2.33. The smallest absolute Gasteiger partial charge is 0.0543 e. The van der Waals surface area contributed by atoms with Crippen LogP contribution in [0.2, 0.25) is 0 Å². The van der Waals surface area contributed by atoms with Crippen LogP contribution in [0, 0.1) is 0 Å². The topological polar surface area (TPSA) is 29.1 Å². The summed E-state index contributed by atoms with van der Waals surface area (Å²) in [6, 6.07) is 10.6. The Morgan fingerprint density at radius 3 is 2.69 bits per heavy atom. The molecule has 1 aliphatic heterocycles. The van der Waals surface area contributed by atoms with Gasteiger partial charge in [-0.25, -0.2) is 0 Å². The van der Waals surface area contributed by atoms with Gasteiger partial charge in [0, 0.05) is 28.6 Å². The second-order valence-electron chi connectivity index (χ2n) is 4.38. The average molecular weight is 237 g/mol. The normalized spacial score (nSPS) is 34.9. The Morgan fingerprint density at radius 1 is 1.38 bits per heavy atom. The first kappa shape index (κ1) is 11.8. The summed E-state index contributed by atoms with van der Waals surface area (Å²) in [6.07, 6.45) is 0.962. The fourth-order valence-corrected chi connectivity index (χ4v) is 4.04. The number of rotatable bonds is 2. The van der Waals surface area contributed by atoms with Gasteiger partial charge in [-0.15, -0.1) is 0 Å². The summed E-state index contributed by atoms with van der Waals surface area (Å²) in [7, 11) is -0.716. The van der Waals surface area contributed by atoms with E-state index in [1.54, 1.807) is 0 Å². The fraction of sp³-hybridized carbons (Fsp3) is 0.538. The van der Waals surface area contributed by atoms with Gasteiger partial charge < -0.3 is 5.32 Å². The minimum atomic E-state index is -0.716. The summed E-state index contributed by atoms with van der Waals surface area (Å²) < 4.78 is 12.2. The number of benzene rings is 1. The molecule has 3 heteroatoms. The third kappa shape index (κ3) is 2.20. The maximum atomic E-state index is 12.2. The first-order chi connectivity index (χ1) is 7.74. The van der Waals surface area contributed by atoms with Gasteiger partial charge in [0.2, 0.25) is 0 Å². The first-order valence-electron chi connectivity index (χ1n) is 5.91. The van der Waals surface area contributed by atoms with Crippen LogP contribution in [0.1, 0.15) is 31.9 Å². The van der Waals surface area contributed by atoms with Crippen LogP contribution in [0.4, 0.5) is 0 Å². The molecule has 0 aliphatic carbocycles. The van der Waals surface area contributed by atoms with E-state index in [4.69, 9.17) is 0 Å². The Hall–Kier alpha value is -0.670. The van der Waals surface area contributed by atoms with Crippen molar-refractivity contribution >= 4 is 10.8 Å². The van der Waals surface area contributed by atoms with Crippen molar-refractivity contribution in [1.82, 2.24) is 5.32 Å². The fourth-order valence-electron chi connectivity index (χ4n) is 2.33. The molecule has 1 aromatic carbocycles. The molecule has 4 atom stereocenters. The highest BCUT2D eigenvalue weighted by Gasteiger charge is 2.34. The lowest BCUT2D eigenvalue weighted by molar-refractivity contribution is 0.467. The Labute approximate surface area is 99.9 Å². The minimum Gasteiger partial charge on any atom is -0.308 e. The standard InChI is InChI=1S/C13H19NOS/c1-3-12-13(11-7-5-4-6-8-11)14-9-10(2)16(12)15/h4-8,10,12-14H,3,9H2,1-2H3. The van der Waals surface area contributed by atoms with Crippen molar-refractivity contribution in [2.45, 2.75) is 36.8 Å². The lowest BCUT2D eigenvalue weighted by atomic mass is 10.0. The Balaban J connectivity index is 2.24. The van der Waals surface area contributed by atoms with Crippen LogP contribution in [0.3, 0.4) is 0 Å². The lowest BCUT2D eigenvalue weighted by Crippen LogP contribution is -2.47. The van der Waals surface area contributed by atoms with Crippen LogP contribution in [0.25, 0.3) is 0 Å². The summed E-state index contributed by atoms with van der Waals surface area (Å²) in [4.78, 5) is 0. The molecule has 88 valence electrons. The van der Waals surface area contributed by atoms with E-state index < -0.39 is 10.8 Å². The largest absolute Gasteiger partial charge is 0.308 e. The quantitative estimate of drug-likeness (QED) is 0.855. The van der Waals surface area contributed by atoms with Gasteiger partial charge in [-0.05, 0) is 18.9 Å². The Morgan fingerprint density at radius 2 is 2.06 bits per heavy atom. The molecule has 1 aromatic rings. The predicted octanol–water partition coefficient (Wildman–Crippen LogP) is 2.25. The van der Waals surface area contributed by atoms with Crippen LogP contribution in [0.15, 0.2) is 30.3 Å². The van der Waals surface area contributed by atoms with Gasteiger partial charge in [0.15, 0.2) is 0 Å². The second kappa shape index (κ2) is 5.11. The molecular formula is C13H19NOS. The predicted molar refractivity (Wildman–Crippen MR) is 68.9 cm³/mol. The Kier molecular flexibility index (Phi) is 3.77. The van der Waals surface area contributed by atoms with E-state index >= 15 is 0 Å². The summed E-state index contributed by atoms with van der Waals surface area (Å²) in [5, 5.41) is 4.03. The van der Waals surface area contributed by atoms with E-state index in [9.17, 15) is 4.21 Å². The van der Waals surface area contributed by atoms with E-state index in [1.807, 2.05) is 18.2 Å². The molecular weight excluding hydrogens is 218 g/mol. The molecule has 0 aromatic heterocycles. The first-order valence-corrected chi connectivity index (χ1v) is 7.19. The highest BCUT2D eigenvalue weighted by atomic mass is 32.2. The molecule has 1 fully saturated rings. The van der Waals surface area contributed by atoms with Crippen LogP contribution >= 0.6 is 0 Å². The van der Waals surface area contributed by atoms with Crippen LogP contribution in [0.5, 0.6) is 0 Å². The number of hydrogen-bond acceptors (Lipinski definition) is 2. The van der Waals surface area contributed by atoms with Crippen LogP contribution < -0.4 is 5.32 Å². The van der Waals surface area contributed by atoms with Crippen molar-refractivity contribution in [3.8, 4) is 0 Å². The van der Waals surface area contributed by atoms with Crippen molar-refractivity contribution in [2.75, 3.05) is 6.54 Å². The van der Waals surface area contributed by atoms with Gasteiger partial charge >= 0.3 is 0 Å². The molecule has 0 amide bonds. The summed E-state index contributed by atoms with van der Waals surface area (Å²) in [6.45, 7) is 5.04. The zero-order chi connectivity index (χ0) is 11.5. The van der Waals surface area contributed by atoms with Gasteiger partial charge in [-0.2, -0.15) is 0 Å². The third-order valence-electron chi connectivity index (χ3n) is 3.25. The summed E-state index contributed by atoms with van der Waals surface area (Å²) >= 11 is 0. The van der Waals surface area contributed by atoms with Gasteiger partial charge in [0.1, 0.15) is 0 Å². The molecule has 0 bridgehead atoms. The van der Waals surface area contributed by atoms with Crippen molar-refractivity contribution in [3.63, 3.8) is 0 Å². The molecule has 0 radical (unpaired) electrons. The maximum Gasteiger partial charge on any atom is 0.0543 e. The van der Waals surface area contributed by atoms with Crippen LogP contribution in [-0.2, 0) is 10.8 Å². The van der Waals surface area contributed by atoms with E-state index in [0.29, 0.717) is 0 Å². The zero-order valence-corrected chi connectivity index (χ0v) is 10.7. The monoisotopic (exact) mass is 237 g/mol. The van der Waals surface area contributed by atoms with Gasteiger partial charge in [0.05, 0.1) is 5.25 Å². The molecule has 1 N–H and O–H groups in total.